The van der Waals surface area contributed by atoms with Gasteiger partial charge in [-0.25, -0.2) is 4.39 Å². The van der Waals surface area contributed by atoms with Gasteiger partial charge in [0.15, 0.2) is 0 Å². The van der Waals surface area contributed by atoms with Crippen LogP contribution in [0.3, 0.4) is 0 Å². The number of fused-ring (bicyclic) bond motifs is 1. The zero-order chi connectivity index (χ0) is 21.8. The molecule has 2 amide bonds. The van der Waals surface area contributed by atoms with Gasteiger partial charge in [-0.2, -0.15) is 0 Å². The van der Waals surface area contributed by atoms with Gasteiger partial charge in [0.25, 0.3) is 0 Å². The fraction of sp³-hybridized carbons (Fsp3) is 0.440. The zero-order valence-electron chi connectivity index (χ0n) is 18.0. The smallest absolute Gasteiger partial charge is 0.243 e. The van der Waals surface area contributed by atoms with E-state index in [1.165, 1.54) is 6.07 Å². The van der Waals surface area contributed by atoms with Crippen LogP contribution >= 0.6 is 0 Å². The summed E-state index contributed by atoms with van der Waals surface area (Å²) >= 11 is 0. The summed E-state index contributed by atoms with van der Waals surface area (Å²) in [5, 5.41) is 3.10. The van der Waals surface area contributed by atoms with E-state index in [0.717, 1.165) is 42.7 Å². The molecule has 0 aliphatic carbocycles. The molecule has 6 heteroatoms. The molecule has 0 radical (unpaired) electrons. The first kappa shape index (κ1) is 21.5. The maximum atomic E-state index is 13.9. The normalized spacial score (nSPS) is 19.3. The first-order valence-electron chi connectivity index (χ1n) is 11.2. The summed E-state index contributed by atoms with van der Waals surface area (Å²) in [7, 11) is 0. The van der Waals surface area contributed by atoms with E-state index in [0.29, 0.717) is 31.8 Å². The molecule has 1 saturated heterocycles. The number of halogens is 1. The van der Waals surface area contributed by atoms with Crippen LogP contribution in [-0.4, -0.2) is 42.4 Å². The van der Waals surface area contributed by atoms with Crippen LogP contribution < -0.4 is 10.2 Å². The summed E-state index contributed by atoms with van der Waals surface area (Å²) in [6, 6.07) is 14.2. The molecule has 5 nitrogen and oxygen atoms in total. The lowest BCUT2D eigenvalue weighted by Gasteiger charge is -2.32. The maximum absolute atomic E-state index is 13.9. The monoisotopic (exact) mass is 423 g/mol. The van der Waals surface area contributed by atoms with Crippen LogP contribution in [0.4, 0.5) is 10.1 Å². The number of hydrogen-bond donors (Lipinski definition) is 1. The third-order valence-corrected chi connectivity index (χ3v) is 6.47. The van der Waals surface area contributed by atoms with Crippen molar-refractivity contribution in [3.63, 3.8) is 0 Å². The van der Waals surface area contributed by atoms with Gasteiger partial charge in [-0.1, -0.05) is 43.3 Å². The average molecular weight is 424 g/mol. The van der Waals surface area contributed by atoms with Gasteiger partial charge < -0.3 is 5.32 Å². The topological polar surface area (TPSA) is 52.7 Å². The standard InChI is InChI=1S/C25H30FN3O2/c1-2-24(30)29-22-10-6-4-7-19(22)15-23(29)25(31)27-16-18-11-13-28(14-12-18)17-20-8-3-5-9-21(20)26/h3-10,18,23H,2,11-17H2,1H3,(H,27,31)/t23-/m0/s1. The van der Waals surface area contributed by atoms with Crippen molar-refractivity contribution in [3.8, 4) is 0 Å². The molecule has 2 aromatic rings. The molecule has 0 spiro atoms. The number of nitrogens with one attached hydrogen (secondary N) is 1. The van der Waals surface area contributed by atoms with Gasteiger partial charge in [-0.3, -0.25) is 19.4 Å². The predicted octanol–water partition coefficient (Wildman–Crippen LogP) is 3.52. The molecule has 164 valence electrons. The summed E-state index contributed by atoms with van der Waals surface area (Å²) in [5.41, 5.74) is 2.64. The van der Waals surface area contributed by atoms with Crippen molar-refractivity contribution < 1.29 is 14.0 Å². The van der Waals surface area contributed by atoms with E-state index >= 15 is 0 Å². The van der Waals surface area contributed by atoms with E-state index in [1.54, 1.807) is 11.0 Å². The van der Waals surface area contributed by atoms with Crippen LogP contribution in [0.2, 0.25) is 0 Å². The van der Waals surface area contributed by atoms with Crippen molar-refractivity contribution in [1.29, 1.82) is 0 Å². The molecule has 1 atom stereocenters. The van der Waals surface area contributed by atoms with Crippen LogP contribution in [-0.2, 0) is 22.6 Å². The molecule has 0 unspecified atom stereocenters. The fourth-order valence-electron chi connectivity index (χ4n) is 4.65. The molecule has 31 heavy (non-hydrogen) atoms. The number of hydrogen-bond acceptors (Lipinski definition) is 3. The van der Waals surface area contributed by atoms with Crippen molar-refractivity contribution in [1.82, 2.24) is 10.2 Å². The number of carbonyl (C=O) groups is 2. The van der Waals surface area contributed by atoms with Gasteiger partial charge >= 0.3 is 0 Å². The molecule has 0 bridgehead atoms. The Bertz CT molecular complexity index is 940. The number of nitrogens with zero attached hydrogens (tertiary/aromatic N) is 2. The van der Waals surface area contributed by atoms with Crippen LogP contribution in [0.25, 0.3) is 0 Å². The number of amides is 2. The highest BCUT2D eigenvalue weighted by Crippen LogP contribution is 2.32. The summed E-state index contributed by atoms with van der Waals surface area (Å²) in [5.74, 6) is 0.152. The van der Waals surface area contributed by atoms with Crippen molar-refractivity contribution in [2.45, 2.75) is 45.2 Å². The SMILES string of the molecule is CCC(=O)N1c2ccccc2C[C@H]1C(=O)NCC1CCN(Cc2ccccc2F)CC1. The Hall–Kier alpha value is -2.73. The van der Waals surface area contributed by atoms with Crippen molar-refractivity contribution in [2.75, 3.05) is 24.5 Å². The first-order valence-corrected chi connectivity index (χ1v) is 11.2. The Morgan fingerprint density at radius 3 is 2.52 bits per heavy atom. The molecule has 0 saturated carbocycles. The number of rotatable bonds is 6. The number of benzene rings is 2. The van der Waals surface area contributed by atoms with E-state index in [2.05, 4.69) is 10.2 Å². The Morgan fingerprint density at radius 1 is 1.06 bits per heavy atom. The molecule has 2 heterocycles. The van der Waals surface area contributed by atoms with Gasteiger partial charge in [0, 0.05) is 37.2 Å². The van der Waals surface area contributed by atoms with Gasteiger partial charge in [0.2, 0.25) is 11.8 Å². The summed E-state index contributed by atoms with van der Waals surface area (Å²) in [6.07, 6.45) is 2.88. The number of para-hydroxylation sites is 1. The lowest BCUT2D eigenvalue weighted by Crippen LogP contribution is -2.49. The third-order valence-electron chi connectivity index (χ3n) is 6.47. The van der Waals surface area contributed by atoms with E-state index in [-0.39, 0.29) is 17.6 Å². The molecular weight excluding hydrogens is 393 g/mol. The highest BCUT2D eigenvalue weighted by molar-refractivity contribution is 6.03. The van der Waals surface area contributed by atoms with Crippen molar-refractivity contribution in [3.05, 3.63) is 65.5 Å². The Kier molecular flexibility index (Phi) is 6.66. The van der Waals surface area contributed by atoms with Crippen molar-refractivity contribution >= 4 is 17.5 Å². The van der Waals surface area contributed by atoms with Crippen LogP contribution in [0.5, 0.6) is 0 Å². The lowest BCUT2D eigenvalue weighted by atomic mass is 9.96. The van der Waals surface area contributed by atoms with Gasteiger partial charge in [-0.05, 0) is 49.5 Å². The summed E-state index contributed by atoms with van der Waals surface area (Å²) in [4.78, 5) is 29.4. The summed E-state index contributed by atoms with van der Waals surface area (Å²) in [6.45, 7) is 4.86. The highest BCUT2D eigenvalue weighted by atomic mass is 19.1. The van der Waals surface area contributed by atoms with E-state index < -0.39 is 6.04 Å². The van der Waals surface area contributed by atoms with Gasteiger partial charge in [0.1, 0.15) is 11.9 Å². The number of likely N-dealkylation sites (tertiary alicyclic amines) is 1. The zero-order valence-corrected chi connectivity index (χ0v) is 18.0. The Balaban J connectivity index is 1.29. The van der Waals surface area contributed by atoms with Gasteiger partial charge in [0.05, 0.1) is 0 Å². The van der Waals surface area contributed by atoms with E-state index in [9.17, 15) is 14.0 Å². The quantitative estimate of drug-likeness (QED) is 0.774. The summed E-state index contributed by atoms with van der Waals surface area (Å²) < 4.78 is 13.9. The Morgan fingerprint density at radius 2 is 1.77 bits per heavy atom. The average Bonchev–Trinajstić information content (AvgIpc) is 3.19. The fourth-order valence-corrected chi connectivity index (χ4v) is 4.65. The molecule has 2 aromatic carbocycles. The molecule has 0 aromatic heterocycles. The molecule has 2 aliphatic heterocycles. The molecule has 1 N–H and O–H groups in total. The third kappa shape index (κ3) is 4.79. The van der Waals surface area contributed by atoms with E-state index in [4.69, 9.17) is 0 Å². The predicted molar refractivity (Wildman–Crippen MR) is 119 cm³/mol. The lowest BCUT2D eigenvalue weighted by molar-refractivity contribution is -0.126. The largest absolute Gasteiger partial charge is 0.354 e. The second kappa shape index (κ2) is 9.60. The second-order valence-electron chi connectivity index (χ2n) is 8.52. The van der Waals surface area contributed by atoms with E-state index in [1.807, 2.05) is 43.3 Å². The number of piperidine rings is 1. The van der Waals surface area contributed by atoms with Crippen LogP contribution in [0.1, 0.15) is 37.3 Å². The molecular formula is C25H30FN3O2. The minimum Gasteiger partial charge on any atom is -0.354 e. The first-order chi connectivity index (χ1) is 15.1. The van der Waals surface area contributed by atoms with Crippen LogP contribution in [0.15, 0.2) is 48.5 Å². The minimum absolute atomic E-state index is 0.0217. The van der Waals surface area contributed by atoms with Crippen molar-refractivity contribution in [2.24, 2.45) is 5.92 Å². The second-order valence-corrected chi connectivity index (χ2v) is 8.52. The molecule has 1 fully saturated rings. The number of carbonyl (C=O) groups excluding carboxylic acids is 2. The van der Waals surface area contributed by atoms with Crippen LogP contribution in [0, 0.1) is 11.7 Å². The molecule has 2 aliphatic rings. The minimum atomic E-state index is -0.467. The Labute approximate surface area is 183 Å². The molecule has 4 rings (SSSR count). The number of anilines is 1. The highest BCUT2D eigenvalue weighted by Gasteiger charge is 2.37. The maximum Gasteiger partial charge on any atom is 0.243 e. The van der Waals surface area contributed by atoms with Gasteiger partial charge in [-0.15, -0.1) is 0 Å².